The smallest absolute Gasteiger partial charge is 0.243 e. The Kier molecular flexibility index (Phi) is 4.18. The summed E-state index contributed by atoms with van der Waals surface area (Å²) < 4.78 is 0. The number of carbonyl (C=O) groups is 1. The van der Waals surface area contributed by atoms with Gasteiger partial charge in [0.05, 0.1) is 0 Å². The van der Waals surface area contributed by atoms with Crippen LogP contribution in [0.3, 0.4) is 0 Å². The minimum Gasteiger partial charge on any atom is -0.349 e. The van der Waals surface area contributed by atoms with Crippen LogP contribution >= 0.6 is 0 Å². The highest BCUT2D eigenvalue weighted by atomic mass is 16.1. The Balaban J connectivity index is 4.45. The van der Waals surface area contributed by atoms with E-state index in [1.807, 2.05) is 0 Å². The highest BCUT2D eigenvalue weighted by molar-refractivity contribution is 5.87. The van der Waals surface area contributed by atoms with Gasteiger partial charge in [-0.1, -0.05) is 41.2 Å². The maximum absolute atomic E-state index is 11.1. The lowest BCUT2D eigenvalue weighted by Gasteiger charge is -2.34. The van der Waals surface area contributed by atoms with Crippen molar-refractivity contribution in [2.24, 2.45) is 11.3 Å². The van der Waals surface area contributed by atoms with E-state index in [0.717, 1.165) is 0 Å². The predicted molar refractivity (Wildman–Crippen MR) is 56.4 cm³/mol. The van der Waals surface area contributed by atoms with Crippen LogP contribution in [0.1, 0.15) is 34.6 Å². The van der Waals surface area contributed by atoms with E-state index in [9.17, 15) is 4.79 Å². The van der Waals surface area contributed by atoms with Crippen molar-refractivity contribution in [2.45, 2.75) is 40.7 Å². The van der Waals surface area contributed by atoms with Gasteiger partial charge in [0.1, 0.15) is 0 Å². The molecule has 0 aliphatic heterocycles. The SMILES string of the molecule is C=CC(=O)NC(C(C)C)C(C)(C)C. The largest absolute Gasteiger partial charge is 0.349 e. The maximum Gasteiger partial charge on any atom is 0.243 e. The van der Waals surface area contributed by atoms with E-state index in [1.165, 1.54) is 6.08 Å². The summed E-state index contributed by atoms with van der Waals surface area (Å²) in [4.78, 5) is 11.1. The van der Waals surface area contributed by atoms with Gasteiger partial charge < -0.3 is 5.32 Å². The predicted octanol–water partition coefficient (Wildman–Crippen LogP) is 2.36. The number of rotatable bonds is 3. The monoisotopic (exact) mass is 183 g/mol. The molecule has 13 heavy (non-hydrogen) atoms. The molecule has 76 valence electrons. The Bertz CT molecular complexity index is 189. The molecule has 0 aromatic carbocycles. The van der Waals surface area contributed by atoms with Crippen molar-refractivity contribution in [3.8, 4) is 0 Å². The molecule has 1 unspecified atom stereocenters. The average Bonchev–Trinajstić information content (AvgIpc) is 1.96. The summed E-state index contributed by atoms with van der Waals surface area (Å²) in [7, 11) is 0. The van der Waals surface area contributed by atoms with Gasteiger partial charge >= 0.3 is 0 Å². The van der Waals surface area contributed by atoms with Gasteiger partial charge in [0.25, 0.3) is 0 Å². The number of nitrogens with one attached hydrogen (secondary N) is 1. The van der Waals surface area contributed by atoms with E-state index in [1.54, 1.807) is 0 Å². The van der Waals surface area contributed by atoms with Crippen LogP contribution in [-0.2, 0) is 4.79 Å². The fraction of sp³-hybridized carbons (Fsp3) is 0.727. The number of carbonyl (C=O) groups excluding carboxylic acids is 1. The zero-order valence-corrected chi connectivity index (χ0v) is 9.35. The van der Waals surface area contributed by atoms with Gasteiger partial charge in [0.15, 0.2) is 0 Å². The molecule has 0 fully saturated rings. The summed E-state index contributed by atoms with van der Waals surface area (Å²) >= 11 is 0. The summed E-state index contributed by atoms with van der Waals surface area (Å²) in [5.74, 6) is 0.345. The molecular weight excluding hydrogens is 162 g/mol. The summed E-state index contributed by atoms with van der Waals surface area (Å²) in [6.45, 7) is 14.0. The van der Waals surface area contributed by atoms with Crippen LogP contribution in [0.2, 0.25) is 0 Å². The molecule has 1 atom stereocenters. The van der Waals surface area contributed by atoms with Crippen molar-refractivity contribution in [1.82, 2.24) is 5.32 Å². The average molecular weight is 183 g/mol. The highest BCUT2D eigenvalue weighted by Crippen LogP contribution is 2.24. The zero-order valence-electron chi connectivity index (χ0n) is 9.35. The van der Waals surface area contributed by atoms with Crippen LogP contribution in [0.5, 0.6) is 0 Å². The molecule has 0 rings (SSSR count). The molecule has 0 aromatic heterocycles. The zero-order chi connectivity index (χ0) is 10.6. The molecular formula is C11H21NO. The third-order valence-electron chi connectivity index (χ3n) is 2.08. The fourth-order valence-corrected chi connectivity index (χ4v) is 1.60. The molecule has 0 radical (unpaired) electrons. The Morgan fingerprint density at radius 2 is 1.85 bits per heavy atom. The normalized spacial score (nSPS) is 14.0. The van der Waals surface area contributed by atoms with Crippen LogP contribution in [0, 0.1) is 11.3 Å². The number of hydrogen-bond acceptors (Lipinski definition) is 1. The van der Waals surface area contributed by atoms with Crippen molar-refractivity contribution in [3.63, 3.8) is 0 Å². The molecule has 0 saturated heterocycles. The van der Waals surface area contributed by atoms with E-state index >= 15 is 0 Å². The Morgan fingerprint density at radius 1 is 1.38 bits per heavy atom. The topological polar surface area (TPSA) is 29.1 Å². The summed E-state index contributed by atoms with van der Waals surface area (Å²) in [6.07, 6.45) is 1.32. The van der Waals surface area contributed by atoms with Crippen LogP contribution in [0.15, 0.2) is 12.7 Å². The molecule has 0 spiro atoms. The van der Waals surface area contributed by atoms with Crippen LogP contribution in [0.4, 0.5) is 0 Å². The van der Waals surface area contributed by atoms with Gasteiger partial charge in [-0.2, -0.15) is 0 Å². The fourth-order valence-electron chi connectivity index (χ4n) is 1.60. The second-order valence-corrected chi connectivity index (χ2v) is 4.80. The first-order valence-corrected chi connectivity index (χ1v) is 4.72. The first-order chi connectivity index (χ1) is 5.79. The lowest BCUT2D eigenvalue weighted by Crippen LogP contribution is -2.46. The lowest BCUT2D eigenvalue weighted by atomic mass is 9.80. The van der Waals surface area contributed by atoms with Crippen molar-refractivity contribution >= 4 is 5.91 Å². The molecule has 0 saturated carbocycles. The van der Waals surface area contributed by atoms with Crippen molar-refractivity contribution in [3.05, 3.63) is 12.7 Å². The summed E-state index contributed by atoms with van der Waals surface area (Å²) in [5, 5.41) is 2.95. The number of amides is 1. The molecule has 0 bridgehead atoms. The third-order valence-corrected chi connectivity index (χ3v) is 2.08. The minimum absolute atomic E-state index is 0.0892. The van der Waals surface area contributed by atoms with Gasteiger partial charge in [-0.25, -0.2) is 0 Å². The molecule has 0 aliphatic rings. The van der Waals surface area contributed by atoms with Crippen molar-refractivity contribution in [1.29, 1.82) is 0 Å². The van der Waals surface area contributed by atoms with Crippen molar-refractivity contribution < 1.29 is 4.79 Å². The van der Waals surface area contributed by atoms with Gasteiger partial charge in [-0.05, 0) is 17.4 Å². The van der Waals surface area contributed by atoms with Crippen molar-refractivity contribution in [2.75, 3.05) is 0 Å². The molecule has 2 nitrogen and oxygen atoms in total. The maximum atomic E-state index is 11.1. The van der Waals surface area contributed by atoms with E-state index in [2.05, 4.69) is 46.5 Å². The quantitative estimate of drug-likeness (QED) is 0.669. The summed E-state index contributed by atoms with van der Waals surface area (Å²) in [5.41, 5.74) is 0.0901. The second kappa shape index (κ2) is 4.45. The van der Waals surface area contributed by atoms with Gasteiger partial charge in [-0.3, -0.25) is 4.79 Å². The van der Waals surface area contributed by atoms with E-state index in [-0.39, 0.29) is 17.4 Å². The van der Waals surface area contributed by atoms with E-state index < -0.39 is 0 Å². The second-order valence-electron chi connectivity index (χ2n) is 4.80. The first-order valence-electron chi connectivity index (χ1n) is 4.72. The first kappa shape index (κ1) is 12.2. The molecule has 1 N–H and O–H groups in total. The molecule has 0 aromatic rings. The van der Waals surface area contributed by atoms with Crippen LogP contribution in [-0.4, -0.2) is 11.9 Å². The molecule has 2 heteroatoms. The van der Waals surface area contributed by atoms with E-state index in [0.29, 0.717) is 5.92 Å². The van der Waals surface area contributed by atoms with Gasteiger partial charge in [0.2, 0.25) is 5.91 Å². The molecule has 0 heterocycles. The third kappa shape index (κ3) is 4.11. The Labute approximate surface area is 81.4 Å². The molecule has 0 aliphatic carbocycles. The van der Waals surface area contributed by atoms with Gasteiger partial charge in [0, 0.05) is 6.04 Å². The summed E-state index contributed by atoms with van der Waals surface area (Å²) in [6, 6.07) is 0.193. The Morgan fingerprint density at radius 3 is 2.08 bits per heavy atom. The number of hydrogen-bond donors (Lipinski definition) is 1. The lowest BCUT2D eigenvalue weighted by molar-refractivity contribution is -0.118. The van der Waals surface area contributed by atoms with Gasteiger partial charge in [-0.15, -0.1) is 0 Å². The molecule has 1 amide bonds. The van der Waals surface area contributed by atoms with E-state index in [4.69, 9.17) is 0 Å². The van der Waals surface area contributed by atoms with Crippen LogP contribution in [0.25, 0.3) is 0 Å². The standard InChI is InChI=1S/C11H21NO/c1-7-9(13)12-10(8(2)3)11(4,5)6/h7-8,10H,1H2,2-6H3,(H,12,13). The minimum atomic E-state index is -0.0892. The Hall–Kier alpha value is -0.790. The van der Waals surface area contributed by atoms with Crippen LogP contribution < -0.4 is 5.32 Å². The highest BCUT2D eigenvalue weighted by Gasteiger charge is 2.27.